The van der Waals surface area contributed by atoms with Crippen molar-refractivity contribution < 1.29 is 38.1 Å². The lowest BCUT2D eigenvalue weighted by Gasteiger charge is -2.35. The molecule has 12 rings (SSSR count). The Labute approximate surface area is 404 Å². The molecule has 0 spiro atoms. The minimum atomic E-state index is -0.695. The lowest BCUT2D eigenvalue weighted by atomic mass is 9.90. The van der Waals surface area contributed by atoms with Crippen molar-refractivity contribution in [3.8, 4) is 22.4 Å². The maximum Gasteiger partial charge on any atom is 0.407 e. The topological polar surface area (TPSA) is 215 Å². The molecule has 6 aliphatic rings. The largest absolute Gasteiger partial charge is 0.453 e. The van der Waals surface area contributed by atoms with Gasteiger partial charge in [-0.3, -0.25) is 9.59 Å². The maximum atomic E-state index is 14.5. The van der Waals surface area contributed by atoms with Crippen LogP contribution < -0.4 is 16.0 Å². The summed E-state index contributed by atoms with van der Waals surface area (Å²) in [6, 6.07) is 21.6. The molecule has 3 saturated carbocycles. The molecule has 1 unspecified atom stereocenters. The van der Waals surface area contributed by atoms with E-state index in [0.29, 0.717) is 75.8 Å². The highest BCUT2D eigenvalue weighted by atomic mass is 16.5. The Hall–Kier alpha value is -6.59. The molecule has 6 fully saturated rings. The minimum absolute atomic E-state index is 0.00563. The summed E-state index contributed by atoms with van der Waals surface area (Å²) in [5.74, 6) is 3.01. The zero-order valence-corrected chi connectivity index (χ0v) is 39.8. The molecule has 3 aliphatic carbocycles. The summed E-state index contributed by atoms with van der Waals surface area (Å²) in [6.45, 7) is 6.69. The third kappa shape index (κ3) is 7.81. The first kappa shape index (κ1) is 44.6. The second-order valence-corrected chi connectivity index (χ2v) is 20.7. The van der Waals surface area contributed by atoms with E-state index in [1.165, 1.54) is 14.2 Å². The van der Waals surface area contributed by atoms with Gasteiger partial charge in [-0.25, -0.2) is 24.5 Å². The van der Waals surface area contributed by atoms with Crippen LogP contribution in [0.25, 0.3) is 55.4 Å². The molecule has 3 aliphatic heterocycles. The highest BCUT2D eigenvalue weighted by Crippen LogP contribution is 2.80. The van der Waals surface area contributed by atoms with Gasteiger partial charge in [0.05, 0.1) is 53.5 Å². The van der Waals surface area contributed by atoms with Gasteiger partial charge in [-0.15, -0.1) is 0 Å². The van der Waals surface area contributed by atoms with E-state index in [4.69, 9.17) is 33.9 Å². The van der Waals surface area contributed by atoms with Gasteiger partial charge in [0.1, 0.15) is 23.7 Å². The summed E-state index contributed by atoms with van der Waals surface area (Å²) < 4.78 is 20.9. The Balaban J connectivity index is 0.711. The van der Waals surface area contributed by atoms with Crippen LogP contribution in [0.3, 0.4) is 0 Å². The average Bonchev–Trinajstić information content (AvgIpc) is 4.09. The number of likely N-dealkylation sites (tertiary alicyclic amines) is 1. The first-order valence-electron chi connectivity index (χ1n) is 24.9. The molecule has 364 valence electrons. The van der Waals surface area contributed by atoms with Crippen LogP contribution in [0.15, 0.2) is 66.7 Å². The van der Waals surface area contributed by atoms with Crippen LogP contribution in [0, 0.1) is 40.9 Å². The van der Waals surface area contributed by atoms with Gasteiger partial charge >= 0.3 is 12.2 Å². The number of hydrogen-bond donors (Lipinski definition) is 5. The Kier molecular flexibility index (Phi) is 11.1. The number of ether oxygens (including phenoxy) is 4. The number of carbonyl (C=O) groups excluding carboxylic acids is 4. The van der Waals surface area contributed by atoms with Gasteiger partial charge in [-0.2, -0.15) is 0 Å². The van der Waals surface area contributed by atoms with Gasteiger partial charge in [0.2, 0.25) is 11.8 Å². The number of carbonyl (C=O) groups is 4. The fourth-order valence-electron chi connectivity index (χ4n) is 12.6. The van der Waals surface area contributed by atoms with Crippen molar-refractivity contribution in [1.82, 2.24) is 45.8 Å². The molecule has 0 bridgehead atoms. The Morgan fingerprint density at radius 1 is 0.757 bits per heavy atom. The van der Waals surface area contributed by atoms with Crippen molar-refractivity contribution in [3.05, 3.63) is 78.4 Å². The van der Waals surface area contributed by atoms with Crippen LogP contribution in [-0.2, 0) is 35.0 Å². The van der Waals surface area contributed by atoms with Crippen molar-refractivity contribution >= 4 is 57.0 Å². The zero-order valence-electron chi connectivity index (χ0n) is 39.8. The van der Waals surface area contributed by atoms with E-state index in [9.17, 15) is 19.2 Å². The fraction of sp³-hybridized carbons (Fsp3) is 0.491. The third-order valence-corrected chi connectivity index (χ3v) is 17.0. The summed E-state index contributed by atoms with van der Waals surface area (Å²) in [7, 11) is 2.64. The number of benzene rings is 3. The van der Waals surface area contributed by atoms with Gasteiger partial charge < -0.3 is 49.8 Å². The molecule has 5 N–H and O–H groups in total. The number of hydrogen-bond acceptors (Lipinski definition) is 11. The van der Waals surface area contributed by atoms with E-state index in [-0.39, 0.29) is 47.2 Å². The molecule has 17 heteroatoms. The van der Waals surface area contributed by atoms with E-state index in [1.807, 2.05) is 17.0 Å². The number of aromatic nitrogens is 5. The zero-order chi connectivity index (χ0) is 48.0. The number of amides is 4. The fourth-order valence-corrected chi connectivity index (χ4v) is 12.6. The number of rotatable bonds is 12. The number of H-pyrrole nitrogens is 2. The molecule has 6 heterocycles. The number of methoxy groups -OCH3 is 2. The van der Waals surface area contributed by atoms with Crippen LogP contribution >= 0.6 is 0 Å². The van der Waals surface area contributed by atoms with Crippen molar-refractivity contribution in [3.63, 3.8) is 0 Å². The van der Waals surface area contributed by atoms with Crippen molar-refractivity contribution in [2.75, 3.05) is 40.6 Å². The van der Waals surface area contributed by atoms with Crippen LogP contribution in [0.4, 0.5) is 9.59 Å². The summed E-state index contributed by atoms with van der Waals surface area (Å²) in [5.41, 5.74) is 8.43. The second kappa shape index (κ2) is 17.4. The van der Waals surface area contributed by atoms with Crippen molar-refractivity contribution in [1.29, 1.82) is 0 Å². The average molecular weight is 950 g/mol. The summed E-state index contributed by atoms with van der Waals surface area (Å²) >= 11 is 0. The first-order chi connectivity index (χ1) is 34.0. The number of nitrogens with zero attached hydrogens (tertiary/aromatic N) is 4. The minimum Gasteiger partial charge on any atom is -0.453 e. The summed E-state index contributed by atoms with van der Waals surface area (Å²) in [6.07, 6.45) is 3.23. The van der Waals surface area contributed by atoms with E-state index < -0.39 is 24.3 Å². The highest BCUT2D eigenvalue weighted by molar-refractivity contribution is 5.91. The lowest BCUT2D eigenvalue weighted by molar-refractivity contribution is -0.138. The molecular formula is C53H59N9O8. The van der Waals surface area contributed by atoms with Crippen LogP contribution in [-0.4, -0.2) is 119 Å². The molecule has 10 atom stereocenters. The third-order valence-electron chi connectivity index (χ3n) is 17.0. The number of imidazole rings is 2. The van der Waals surface area contributed by atoms with E-state index in [2.05, 4.69) is 94.4 Å². The van der Waals surface area contributed by atoms with Crippen molar-refractivity contribution in [2.45, 2.75) is 82.6 Å². The molecule has 4 amide bonds. The Morgan fingerprint density at radius 3 is 2.06 bits per heavy atom. The smallest absolute Gasteiger partial charge is 0.407 e. The van der Waals surface area contributed by atoms with Crippen LogP contribution in [0.5, 0.6) is 0 Å². The van der Waals surface area contributed by atoms with E-state index in [0.717, 1.165) is 79.8 Å². The summed E-state index contributed by atoms with van der Waals surface area (Å²) in [5, 5.41) is 9.92. The van der Waals surface area contributed by atoms with Gasteiger partial charge in [-0.05, 0) is 127 Å². The normalized spacial score (nSPS) is 27.9. The van der Waals surface area contributed by atoms with Crippen molar-refractivity contribution in [2.24, 2.45) is 40.9 Å². The highest BCUT2D eigenvalue weighted by Gasteiger charge is 2.83. The van der Waals surface area contributed by atoms with E-state index >= 15 is 0 Å². The van der Waals surface area contributed by atoms with E-state index in [1.54, 1.807) is 0 Å². The molecule has 3 aromatic heterocycles. The molecule has 3 aromatic carbocycles. The second-order valence-electron chi connectivity index (χ2n) is 20.7. The number of pyridine rings is 1. The van der Waals surface area contributed by atoms with Gasteiger partial charge in [0, 0.05) is 55.9 Å². The van der Waals surface area contributed by atoms with Gasteiger partial charge in [-0.1, -0.05) is 38.1 Å². The molecule has 70 heavy (non-hydrogen) atoms. The quantitative estimate of drug-likeness (QED) is 0.0858. The SMILES string of the molecule is COC(=O)N[C@H](C(=O)N[C@H]1[C@H]2C(Cc3nc4ccc(-c5ccc6nc(-c7ccc8nc([C@@H]9C[C@H]%10[C@@H](C)[C@H]%10N9C(=O)[C@@H](NC(=O)OC)C9CCOCC9)[nH]c8c7)ccc6c5)cc4[nH]3)[C@]21C)C1CCOCC1. The van der Waals surface area contributed by atoms with Crippen LogP contribution in [0.1, 0.15) is 63.6 Å². The molecular weight excluding hydrogens is 891 g/mol. The van der Waals surface area contributed by atoms with Crippen LogP contribution in [0.2, 0.25) is 0 Å². The van der Waals surface area contributed by atoms with Gasteiger partial charge in [0.15, 0.2) is 0 Å². The van der Waals surface area contributed by atoms with Gasteiger partial charge in [0.25, 0.3) is 0 Å². The number of fused-ring (bicyclic) bond motifs is 5. The molecule has 0 radical (unpaired) electrons. The Bertz CT molecular complexity index is 3050. The first-order valence-corrected chi connectivity index (χ1v) is 24.9. The number of nitrogens with one attached hydrogen (secondary N) is 5. The predicted molar refractivity (Wildman–Crippen MR) is 259 cm³/mol. The summed E-state index contributed by atoms with van der Waals surface area (Å²) in [4.78, 5) is 76.7. The monoisotopic (exact) mass is 949 g/mol. The number of alkyl carbamates (subject to hydrolysis) is 2. The maximum absolute atomic E-state index is 14.5. The number of piperidine rings is 1. The lowest BCUT2D eigenvalue weighted by Crippen LogP contribution is -2.54. The Morgan fingerprint density at radius 2 is 1.36 bits per heavy atom. The standard InChI is InChI=1S/C53H59N9O8/c1-26-33-24-41(62(46(26)33)50(64)45(60-52(66)68-4)28-15-19-70-20-16-28)48-57-38-12-8-32(23-40(38)58-48)36-10-7-31-21-29(5-9-35(31)54-36)30-6-11-37-39(22-30)56-42(55-37)25-34-43-47(53(34,43)2)61-49(63)44(59-51(65)67-3)27-13-17-69-18-14-27/h5-12,21-23,26-28,33-34,41,43-47H,13-20,24-25H2,1-4H3,(H,55,56)(H,57,58)(H,59,65)(H,60,66)(H,61,63)/t26-,33+,34?,41+,43-,44+,45+,46-,47+,53-/m1/s1. The predicted octanol–water partition coefficient (Wildman–Crippen LogP) is 6.82. The number of aromatic amines is 2. The molecule has 6 aromatic rings. The molecule has 3 saturated heterocycles. The molecule has 17 nitrogen and oxygen atoms in total.